The van der Waals surface area contributed by atoms with Gasteiger partial charge in [-0.05, 0) is 40.8 Å². The first-order chi connectivity index (χ1) is 8.97. The first-order valence-corrected chi connectivity index (χ1v) is 7.84. The van der Waals surface area contributed by atoms with Crippen molar-refractivity contribution < 1.29 is 0 Å². The van der Waals surface area contributed by atoms with Crippen molar-refractivity contribution in [3.05, 3.63) is 69.2 Å². The van der Waals surface area contributed by atoms with E-state index < -0.39 is 0 Å². The Bertz CT molecular complexity index is 541. The number of halogens is 3. The van der Waals surface area contributed by atoms with Gasteiger partial charge in [-0.3, -0.25) is 0 Å². The quantitative estimate of drug-likeness (QED) is 0.542. The third-order valence-corrected chi connectivity index (χ3v) is 4.57. The topological polar surface area (TPSA) is 0 Å². The summed E-state index contributed by atoms with van der Waals surface area (Å²) in [7, 11) is 0. The molecule has 100 valence electrons. The zero-order valence-electron chi connectivity index (χ0n) is 10.8. The number of hydrogen-bond donors (Lipinski definition) is 0. The molecular weight excluding hydrogens is 343 g/mol. The summed E-state index contributed by atoms with van der Waals surface area (Å²) in [4.78, 5) is 0.102. The van der Waals surface area contributed by atoms with Crippen LogP contribution in [0, 0.1) is 0 Å². The molecule has 0 aliphatic rings. The van der Waals surface area contributed by atoms with Crippen LogP contribution < -0.4 is 0 Å². The minimum Gasteiger partial charge on any atom is -0.0843 e. The van der Waals surface area contributed by atoms with Crippen LogP contribution in [0.4, 0.5) is 0 Å². The molecule has 1 atom stereocenters. The molecule has 0 aromatic heterocycles. The summed E-state index contributed by atoms with van der Waals surface area (Å²) in [5.41, 5.74) is 3.60. The second-order valence-corrected chi connectivity index (χ2v) is 6.68. The van der Waals surface area contributed by atoms with Crippen LogP contribution in [0.3, 0.4) is 0 Å². The lowest BCUT2D eigenvalue weighted by molar-refractivity contribution is 0.865. The highest BCUT2D eigenvalue weighted by atomic mass is 79.9. The van der Waals surface area contributed by atoms with Crippen LogP contribution >= 0.6 is 39.1 Å². The molecule has 0 bridgehead atoms. The summed E-state index contributed by atoms with van der Waals surface area (Å²) in [5, 5.41) is 1.32. The van der Waals surface area contributed by atoms with Gasteiger partial charge in [0.15, 0.2) is 0 Å². The lowest BCUT2D eigenvalue weighted by atomic mass is 9.99. The zero-order chi connectivity index (χ0) is 14.0. The van der Waals surface area contributed by atoms with Gasteiger partial charge in [-0.2, -0.15) is 0 Å². The molecular formula is C16H15BrCl2. The highest BCUT2D eigenvalue weighted by Gasteiger charge is 2.12. The van der Waals surface area contributed by atoms with E-state index in [0.717, 1.165) is 5.56 Å². The summed E-state index contributed by atoms with van der Waals surface area (Å²) in [6.45, 7) is 4.38. The summed E-state index contributed by atoms with van der Waals surface area (Å²) < 4.78 is 0. The third-order valence-electron chi connectivity index (χ3n) is 3.07. The van der Waals surface area contributed by atoms with Gasteiger partial charge in [0, 0.05) is 10.0 Å². The van der Waals surface area contributed by atoms with Gasteiger partial charge in [-0.25, -0.2) is 0 Å². The number of hydrogen-bond acceptors (Lipinski definition) is 0. The van der Waals surface area contributed by atoms with Crippen molar-refractivity contribution in [2.45, 2.75) is 24.6 Å². The fraction of sp³-hybridized carbons (Fsp3) is 0.250. The zero-order valence-corrected chi connectivity index (χ0v) is 13.9. The van der Waals surface area contributed by atoms with Gasteiger partial charge in [0.2, 0.25) is 0 Å². The van der Waals surface area contributed by atoms with Gasteiger partial charge in [-0.15, -0.1) is 0 Å². The maximum absolute atomic E-state index is 6.04. The SMILES string of the molecule is CC(C)c1ccc(C(Br)c2cc(Cl)cc(Cl)c2)cc1. The molecule has 0 nitrogen and oxygen atoms in total. The lowest BCUT2D eigenvalue weighted by Gasteiger charge is -2.13. The van der Waals surface area contributed by atoms with Gasteiger partial charge in [0.1, 0.15) is 0 Å². The van der Waals surface area contributed by atoms with Crippen LogP contribution in [0.1, 0.15) is 41.3 Å². The van der Waals surface area contributed by atoms with Crippen LogP contribution in [0.5, 0.6) is 0 Å². The minimum absolute atomic E-state index is 0.102. The van der Waals surface area contributed by atoms with Crippen LogP contribution in [0.15, 0.2) is 42.5 Å². The van der Waals surface area contributed by atoms with E-state index >= 15 is 0 Å². The van der Waals surface area contributed by atoms with Crippen molar-refractivity contribution in [3.8, 4) is 0 Å². The van der Waals surface area contributed by atoms with Crippen LogP contribution in [0.25, 0.3) is 0 Å². The van der Waals surface area contributed by atoms with Crippen LogP contribution in [-0.2, 0) is 0 Å². The molecule has 0 aliphatic heterocycles. The Balaban J connectivity index is 2.30. The first kappa shape index (κ1) is 14.9. The normalized spacial score (nSPS) is 12.7. The predicted octanol–water partition coefficient (Wildman–Crippen LogP) is 6.60. The summed E-state index contributed by atoms with van der Waals surface area (Å²) in [6, 6.07) is 14.2. The Kier molecular flexibility index (Phi) is 4.94. The molecule has 0 radical (unpaired) electrons. The summed E-state index contributed by atoms with van der Waals surface area (Å²) in [6.07, 6.45) is 0. The van der Waals surface area contributed by atoms with Crippen molar-refractivity contribution in [1.82, 2.24) is 0 Å². The number of benzene rings is 2. The average molecular weight is 358 g/mol. The molecule has 0 N–H and O–H groups in total. The molecule has 0 saturated heterocycles. The Morgan fingerprint density at radius 3 is 1.74 bits per heavy atom. The summed E-state index contributed by atoms with van der Waals surface area (Å²) >= 11 is 15.8. The van der Waals surface area contributed by atoms with Crippen LogP contribution in [0.2, 0.25) is 10.0 Å². The Labute approximate surface area is 132 Å². The molecule has 2 aromatic carbocycles. The standard InChI is InChI=1S/C16H15BrCl2/c1-10(2)11-3-5-12(6-4-11)16(17)13-7-14(18)9-15(19)8-13/h3-10,16H,1-2H3. The molecule has 2 rings (SSSR count). The minimum atomic E-state index is 0.102. The van der Waals surface area contributed by atoms with E-state index in [1.807, 2.05) is 12.1 Å². The van der Waals surface area contributed by atoms with E-state index in [-0.39, 0.29) is 4.83 Å². The molecule has 0 heterocycles. The van der Waals surface area contributed by atoms with Gasteiger partial charge >= 0.3 is 0 Å². The Hall–Kier alpha value is -0.500. The molecule has 0 spiro atoms. The maximum atomic E-state index is 6.04. The van der Waals surface area contributed by atoms with Gasteiger partial charge in [-0.1, -0.05) is 77.2 Å². The van der Waals surface area contributed by atoms with Crippen molar-refractivity contribution in [2.75, 3.05) is 0 Å². The van der Waals surface area contributed by atoms with E-state index in [2.05, 4.69) is 54.0 Å². The van der Waals surface area contributed by atoms with Crippen LogP contribution in [-0.4, -0.2) is 0 Å². The van der Waals surface area contributed by atoms with Crippen molar-refractivity contribution in [2.24, 2.45) is 0 Å². The van der Waals surface area contributed by atoms with E-state index in [9.17, 15) is 0 Å². The molecule has 0 amide bonds. The van der Waals surface area contributed by atoms with E-state index in [1.165, 1.54) is 11.1 Å². The molecule has 0 saturated carbocycles. The molecule has 3 heteroatoms. The molecule has 0 aliphatic carbocycles. The fourth-order valence-electron chi connectivity index (χ4n) is 1.96. The highest BCUT2D eigenvalue weighted by Crippen LogP contribution is 2.34. The fourth-order valence-corrected chi connectivity index (χ4v) is 3.08. The van der Waals surface area contributed by atoms with E-state index in [4.69, 9.17) is 23.2 Å². The smallest absolute Gasteiger partial charge is 0.0645 e. The van der Waals surface area contributed by atoms with Crippen molar-refractivity contribution in [1.29, 1.82) is 0 Å². The lowest BCUT2D eigenvalue weighted by Crippen LogP contribution is -1.94. The van der Waals surface area contributed by atoms with Crippen molar-refractivity contribution in [3.63, 3.8) is 0 Å². The molecule has 1 unspecified atom stereocenters. The van der Waals surface area contributed by atoms with Gasteiger partial charge in [0.25, 0.3) is 0 Å². The Morgan fingerprint density at radius 2 is 1.26 bits per heavy atom. The van der Waals surface area contributed by atoms with E-state index in [0.29, 0.717) is 16.0 Å². The second kappa shape index (κ2) is 6.30. The third kappa shape index (κ3) is 3.75. The monoisotopic (exact) mass is 356 g/mol. The van der Waals surface area contributed by atoms with E-state index in [1.54, 1.807) is 6.07 Å². The number of rotatable bonds is 3. The van der Waals surface area contributed by atoms with Gasteiger partial charge < -0.3 is 0 Å². The van der Waals surface area contributed by atoms with Gasteiger partial charge in [0.05, 0.1) is 4.83 Å². The highest BCUT2D eigenvalue weighted by molar-refractivity contribution is 9.09. The molecule has 2 aromatic rings. The summed E-state index contributed by atoms with van der Waals surface area (Å²) in [5.74, 6) is 0.545. The molecule has 19 heavy (non-hydrogen) atoms. The predicted molar refractivity (Wildman–Crippen MR) is 87.8 cm³/mol. The molecule has 0 fully saturated rings. The second-order valence-electron chi connectivity index (χ2n) is 4.89. The average Bonchev–Trinajstić information content (AvgIpc) is 2.37. The maximum Gasteiger partial charge on any atom is 0.0645 e. The Morgan fingerprint density at radius 1 is 0.789 bits per heavy atom. The van der Waals surface area contributed by atoms with Crippen molar-refractivity contribution >= 4 is 39.1 Å². The largest absolute Gasteiger partial charge is 0.0843 e. The number of alkyl halides is 1. The first-order valence-electron chi connectivity index (χ1n) is 6.17.